The second kappa shape index (κ2) is 7.31. The van der Waals surface area contributed by atoms with Gasteiger partial charge in [-0.25, -0.2) is 0 Å². The average molecular weight is 323 g/mol. The predicted molar refractivity (Wildman–Crippen MR) is 89.4 cm³/mol. The van der Waals surface area contributed by atoms with Crippen LogP contribution in [0, 0.1) is 17.2 Å². The van der Waals surface area contributed by atoms with Gasteiger partial charge in [-0.05, 0) is 31.2 Å². The number of rotatable bonds is 4. The molecule has 5 heteroatoms. The van der Waals surface area contributed by atoms with Gasteiger partial charge in [0.2, 0.25) is 11.8 Å². The number of amides is 2. The van der Waals surface area contributed by atoms with Crippen molar-refractivity contribution in [2.45, 2.75) is 38.3 Å². The van der Waals surface area contributed by atoms with Gasteiger partial charge in [-0.15, -0.1) is 0 Å². The van der Waals surface area contributed by atoms with Gasteiger partial charge in [0.1, 0.15) is 6.04 Å². The molecule has 3 rings (SSSR count). The van der Waals surface area contributed by atoms with Crippen LogP contribution in [0.5, 0.6) is 0 Å². The number of likely N-dealkylation sites (tertiary alicyclic amines) is 1. The van der Waals surface area contributed by atoms with Gasteiger partial charge < -0.3 is 10.2 Å². The molecule has 1 fully saturated rings. The van der Waals surface area contributed by atoms with Gasteiger partial charge in [-0.2, -0.15) is 5.26 Å². The first kappa shape index (κ1) is 16.3. The number of allylic oxidation sites excluding steroid dienone is 1. The molecule has 5 nitrogen and oxygen atoms in total. The van der Waals surface area contributed by atoms with Gasteiger partial charge in [0.05, 0.1) is 12.0 Å². The Morgan fingerprint density at radius 1 is 1.25 bits per heavy atom. The fourth-order valence-corrected chi connectivity index (χ4v) is 3.46. The van der Waals surface area contributed by atoms with Crippen molar-refractivity contribution < 1.29 is 9.59 Å². The third-order valence-corrected chi connectivity index (χ3v) is 4.74. The van der Waals surface area contributed by atoms with E-state index < -0.39 is 5.92 Å². The van der Waals surface area contributed by atoms with E-state index in [9.17, 15) is 14.9 Å². The molecule has 1 aliphatic carbocycles. The van der Waals surface area contributed by atoms with Crippen LogP contribution in [0.4, 0.5) is 0 Å². The van der Waals surface area contributed by atoms with Crippen molar-refractivity contribution in [2.24, 2.45) is 5.92 Å². The normalized spacial score (nSPS) is 22.8. The Morgan fingerprint density at radius 2 is 2.04 bits per heavy atom. The SMILES string of the molecule is N#C[C@@H]1CCCN1C(=O)C1CCC=C1C(=O)NCc1ccccc1. The highest BCUT2D eigenvalue weighted by molar-refractivity contribution is 6.01. The minimum absolute atomic E-state index is 0.0716. The lowest BCUT2D eigenvalue weighted by atomic mass is 9.98. The molecule has 0 saturated carbocycles. The summed E-state index contributed by atoms with van der Waals surface area (Å²) in [4.78, 5) is 26.9. The lowest BCUT2D eigenvalue weighted by Gasteiger charge is -2.24. The van der Waals surface area contributed by atoms with E-state index in [2.05, 4.69) is 11.4 Å². The summed E-state index contributed by atoms with van der Waals surface area (Å²) in [6, 6.07) is 11.5. The highest BCUT2D eigenvalue weighted by Gasteiger charge is 2.37. The first-order chi connectivity index (χ1) is 11.7. The third kappa shape index (κ3) is 3.33. The van der Waals surface area contributed by atoms with E-state index in [1.165, 1.54) is 0 Å². The van der Waals surface area contributed by atoms with Crippen molar-refractivity contribution in [3.63, 3.8) is 0 Å². The maximum Gasteiger partial charge on any atom is 0.247 e. The van der Waals surface area contributed by atoms with Gasteiger partial charge >= 0.3 is 0 Å². The summed E-state index contributed by atoms with van der Waals surface area (Å²) < 4.78 is 0. The van der Waals surface area contributed by atoms with Crippen molar-refractivity contribution in [3.8, 4) is 6.07 Å². The van der Waals surface area contributed by atoms with E-state index in [1.807, 2.05) is 36.4 Å². The van der Waals surface area contributed by atoms with Crippen molar-refractivity contribution in [2.75, 3.05) is 6.54 Å². The number of nitrogens with one attached hydrogen (secondary N) is 1. The number of nitriles is 1. The Labute approximate surface area is 141 Å². The monoisotopic (exact) mass is 323 g/mol. The molecule has 0 bridgehead atoms. The summed E-state index contributed by atoms with van der Waals surface area (Å²) in [6.07, 6.45) is 4.83. The van der Waals surface area contributed by atoms with Crippen LogP contribution in [0.25, 0.3) is 0 Å². The van der Waals surface area contributed by atoms with Crippen LogP contribution in [-0.2, 0) is 16.1 Å². The van der Waals surface area contributed by atoms with Crippen LogP contribution in [0.2, 0.25) is 0 Å². The molecule has 2 amide bonds. The Balaban J connectivity index is 1.63. The highest BCUT2D eigenvalue weighted by Crippen LogP contribution is 2.30. The van der Waals surface area contributed by atoms with E-state index in [1.54, 1.807) is 4.90 Å². The van der Waals surface area contributed by atoms with E-state index in [0.717, 1.165) is 24.8 Å². The quantitative estimate of drug-likeness (QED) is 0.923. The summed E-state index contributed by atoms with van der Waals surface area (Å²) in [5.41, 5.74) is 1.58. The summed E-state index contributed by atoms with van der Waals surface area (Å²) in [5.74, 6) is -0.658. The van der Waals surface area contributed by atoms with Gasteiger partial charge in [0.25, 0.3) is 0 Å². The van der Waals surface area contributed by atoms with Crippen LogP contribution >= 0.6 is 0 Å². The fourth-order valence-electron chi connectivity index (χ4n) is 3.46. The molecule has 1 heterocycles. The molecule has 24 heavy (non-hydrogen) atoms. The van der Waals surface area contributed by atoms with Gasteiger partial charge in [0.15, 0.2) is 0 Å². The maximum absolute atomic E-state index is 12.8. The predicted octanol–water partition coefficient (Wildman–Crippen LogP) is 2.15. The number of benzene rings is 1. The van der Waals surface area contributed by atoms with Crippen molar-refractivity contribution in [1.82, 2.24) is 10.2 Å². The first-order valence-corrected chi connectivity index (χ1v) is 8.43. The number of hydrogen-bond donors (Lipinski definition) is 1. The molecule has 1 saturated heterocycles. The largest absolute Gasteiger partial charge is 0.348 e. The standard InChI is InChI=1S/C19H21N3O2/c20-12-15-8-5-11-22(15)19(24)17-10-4-9-16(17)18(23)21-13-14-6-2-1-3-7-14/h1-3,6-7,9,15,17H,4-5,8,10-11,13H2,(H,21,23)/t15-,17?/m0/s1. The fraction of sp³-hybridized carbons (Fsp3) is 0.421. The minimum Gasteiger partial charge on any atom is -0.348 e. The van der Waals surface area contributed by atoms with Crippen molar-refractivity contribution in [3.05, 3.63) is 47.5 Å². The molecular weight excluding hydrogens is 302 g/mol. The molecule has 1 aromatic carbocycles. The molecular formula is C19H21N3O2. The third-order valence-electron chi connectivity index (χ3n) is 4.74. The molecule has 0 spiro atoms. The lowest BCUT2D eigenvalue weighted by Crippen LogP contribution is -2.41. The molecule has 0 radical (unpaired) electrons. The molecule has 124 valence electrons. The zero-order valence-corrected chi connectivity index (χ0v) is 13.6. The number of carbonyl (C=O) groups is 2. The van der Waals surface area contributed by atoms with Gasteiger partial charge in [-0.1, -0.05) is 36.4 Å². The average Bonchev–Trinajstić information content (AvgIpc) is 3.28. The molecule has 0 aromatic heterocycles. The molecule has 1 unspecified atom stereocenters. The summed E-state index contributed by atoms with van der Waals surface area (Å²) >= 11 is 0. The topological polar surface area (TPSA) is 73.2 Å². The second-order valence-electron chi connectivity index (χ2n) is 6.28. The van der Waals surface area contributed by atoms with Crippen molar-refractivity contribution >= 4 is 11.8 Å². The Morgan fingerprint density at radius 3 is 2.79 bits per heavy atom. The highest BCUT2D eigenvalue weighted by atomic mass is 16.2. The van der Waals surface area contributed by atoms with Crippen LogP contribution in [0.3, 0.4) is 0 Å². The maximum atomic E-state index is 12.8. The lowest BCUT2D eigenvalue weighted by molar-refractivity contribution is -0.135. The molecule has 2 atom stereocenters. The number of carbonyl (C=O) groups excluding carboxylic acids is 2. The summed E-state index contributed by atoms with van der Waals surface area (Å²) in [7, 11) is 0. The van der Waals surface area contributed by atoms with E-state index in [0.29, 0.717) is 25.1 Å². The smallest absolute Gasteiger partial charge is 0.247 e. The minimum atomic E-state index is -0.408. The molecule has 1 aliphatic heterocycles. The zero-order valence-electron chi connectivity index (χ0n) is 13.6. The van der Waals surface area contributed by atoms with Crippen LogP contribution in [0.1, 0.15) is 31.2 Å². The van der Waals surface area contributed by atoms with Crippen molar-refractivity contribution in [1.29, 1.82) is 5.26 Å². The van der Waals surface area contributed by atoms with Gasteiger partial charge in [-0.3, -0.25) is 9.59 Å². The van der Waals surface area contributed by atoms with Gasteiger partial charge in [0, 0.05) is 18.7 Å². The van der Waals surface area contributed by atoms with E-state index >= 15 is 0 Å². The zero-order chi connectivity index (χ0) is 16.9. The first-order valence-electron chi connectivity index (χ1n) is 8.43. The van der Waals surface area contributed by atoms with Crippen LogP contribution in [-0.4, -0.2) is 29.3 Å². The summed E-state index contributed by atoms with van der Waals surface area (Å²) in [6.45, 7) is 1.06. The Bertz CT molecular complexity index is 690. The van der Waals surface area contributed by atoms with E-state index in [4.69, 9.17) is 0 Å². The summed E-state index contributed by atoms with van der Waals surface area (Å²) in [5, 5.41) is 12.1. The number of hydrogen-bond acceptors (Lipinski definition) is 3. The molecule has 2 aliphatic rings. The Hall–Kier alpha value is -2.61. The van der Waals surface area contributed by atoms with E-state index in [-0.39, 0.29) is 17.9 Å². The number of nitrogens with zero attached hydrogens (tertiary/aromatic N) is 2. The van der Waals surface area contributed by atoms with Crippen LogP contribution in [0.15, 0.2) is 42.0 Å². The van der Waals surface area contributed by atoms with Crippen LogP contribution < -0.4 is 5.32 Å². The molecule has 1 N–H and O–H groups in total. The second-order valence-corrected chi connectivity index (χ2v) is 6.28. The molecule has 1 aromatic rings. The Kier molecular flexibility index (Phi) is 4.95.